The number of aliphatic hydroxyl groups excluding tert-OH is 5. The molecule has 9 unspecified atom stereocenters. The van der Waals surface area contributed by atoms with Gasteiger partial charge in [0.05, 0.1) is 83.2 Å². The van der Waals surface area contributed by atoms with E-state index < -0.39 is 119 Å². The number of aliphatic hydroxyl groups is 11. The molecule has 0 aliphatic heterocycles. The van der Waals surface area contributed by atoms with E-state index in [9.17, 15) is 25.5 Å². The van der Waals surface area contributed by atoms with E-state index in [2.05, 4.69) is 192 Å². The van der Waals surface area contributed by atoms with Crippen LogP contribution < -0.4 is 0 Å². The minimum Gasteiger partial charge on any atom is -0.391 e. The van der Waals surface area contributed by atoms with Crippen molar-refractivity contribution in [1.82, 2.24) is 0 Å². The van der Waals surface area contributed by atoms with Crippen molar-refractivity contribution in [2.75, 3.05) is 0 Å². The standard InChI is InChI=1S/C14H33NOSi2.C9H21NOSi.C8H21NOSi2.C7H17NOSi.C7H15NOSi.2C6H15NOSi.C6H13NO.C5H11NO.C5H9NO.C4H9NO.11Co/c1-7-17(8-2,9-3)14(16)13-15-18(10-4,11-5)12-6;1-5-12(6-2,7-3)9(4,11)8-10;1-11(2,3)8(10)7-9-12(4,5)6;2*1-5-7(9)6-8-10(2,3)4;1-6(8)5-7-9(2,3)4;1-6(8,5-7)9(2,3)4;1-3-6(8,4-2)5-7;2*1-3-5(2,7)4-6;1-4(2,6)3-5;;;;;;;;;;;/h13-14,16H,7-12H2,1-6H3;8,10-11H,5-7H2,1-4H3;7-8,10H,1-6H3;6-7,9H,5H2,1-4H3;5-7,9H,1H2,2-4H3;5-6,8H,1-4H3;5,7-8H,1-4H3;5,7-8H,3-4H2,1-2H3;4,6-7H,3H2,1-2H3;3-4,6-7H,1H2,2H3;3,5-6H,1-2H3;;;;;;;;;;;. The van der Waals surface area contributed by atoms with E-state index >= 15 is 0 Å². The summed E-state index contributed by atoms with van der Waals surface area (Å²) in [5.74, 6) is 0. The smallest absolute Gasteiger partial charge is 0.180 e. The minimum atomic E-state index is -1.63. The van der Waals surface area contributed by atoms with E-state index in [0.717, 1.165) is 73.8 Å². The maximum absolute atomic E-state index is 10.5. The Morgan fingerprint density at radius 2 is 0.647 bits per heavy atom. The van der Waals surface area contributed by atoms with Crippen LogP contribution in [0.15, 0.2) is 48.6 Å². The molecule has 0 saturated heterocycles. The van der Waals surface area contributed by atoms with Crippen LogP contribution >= 0.6 is 0 Å². The summed E-state index contributed by atoms with van der Waals surface area (Å²) in [4.78, 5) is 0. The number of hydrogen-bond donors (Lipinski definition) is 17. The van der Waals surface area contributed by atoms with Crippen molar-refractivity contribution >= 4 is 142 Å². The molecule has 0 bridgehead atoms. The van der Waals surface area contributed by atoms with Gasteiger partial charge >= 0.3 is 0 Å². The van der Waals surface area contributed by atoms with Crippen molar-refractivity contribution in [3.8, 4) is 0 Å². The van der Waals surface area contributed by atoms with Gasteiger partial charge in [0.2, 0.25) is 0 Å². The molecule has 743 valence electrons. The van der Waals surface area contributed by atoms with Gasteiger partial charge in [0.25, 0.3) is 0 Å². The Balaban J connectivity index is -0.0000000436. The number of nitrogens with zero attached hydrogens (tertiary/aromatic N) is 5. The average molecular weight is 2340 g/mol. The fourth-order valence-corrected chi connectivity index (χ4v) is 20.5. The van der Waals surface area contributed by atoms with Crippen LogP contribution in [0.2, 0.25) is 172 Å². The summed E-state index contributed by atoms with van der Waals surface area (Å²) in [7, 11) is -13.0. The van der Waals surface area contributed by atoms with Crippen LogP contribution in [0.3, 0.4) is 0 Å². The van der Waals surface area contributed by atoms with Crippen molar-refractivity contribution in [3.05, 3.63) is 25.3 Å². The van der Waals surface area contributed by atoms with Crippen LogP contribution in [-0.2, 0) is 185 Å². The summed E-state index contributed by atoms with van der Waals surface area (Å²) in [6.45, 7) is 83.8. The second kappa shape index (κ2) is 90.1. The van der Waals surface area contributed by atoms with Gasteiger partial charge in [-0.05, 0) is 171 Å². The minimum absolute atomic E-state index is 0. The molecule has 0 aromatic rings. The van der Waals surface area contributed by atoms with E-state index in [1.807, 2.05) is 53.6 Å². The molecule has 0 aromatic heterocycles. The first-order valence-electron chi connectivity index (χ1n) is 39.1. The van der Waals surface area contributed by atoms with E-state index in [1.165, 1.54) is 43.4 Å². The molecule has 0 aliphatic carbocycles. The van der Waals surface area contributed by atoms with E-state index in [4.69, 9.17) is 67.8 Å². The van der Waals surface area contributed by atoms with Crippen molar-refractivity contribution in [1.29, 1.82) is 32.5 Å². The summed E-state index contributed by atoms with van der Waals surface area (Å²) in [5, 5.41) is 141. The molecule has 0 amide bonds. The zero-order valence-corrected chi connectivity index (χ0v) is 101. The van der Waals surface area contributed by atoms with Crippen LogP contribution in [0, 0.1) is 32.5 Å². The predicted molar refractivity (Wildman–Crippen MR) is 508 cm³/mol. The molecule has 0 aromatic carbocycles. The normalized spacial score (nSPS) is 14.5. The van der Waals surface area contributed by atoms with Crippen LogP contribution in [0.25, 0.3) is 0 Å². The fraction of sp³-hybridized carbons (Fsp3) is 0.805. The monoisotopic (exact) mass is 2330 g/mol. The second-order valence-corrected chi connectivity index (χ2v) is 80.0. The molecule has 0 heterocycles. The summed E-state index contributed by atoms with van der Waals surface area (Å²) in [6, 6.07) is 10.2. The largest absolute Gasteiger partial charge is 0.391 e. The predicted octanol–water partition coefficient (Wildman–Crippen LogP) is 17.6. The fourth-order valence-electron chi connectivity index (χ4n) is 7.22. The summed E-state index contributed by atoms with van der Waals surface area (Å²) < 4.78 is 22.1. The van der Waals surface area contributed by atoms with E-state index in [0.29, 0.717) is 19.3 Å². The molecule has 11 radical (unpaired) electrons. The molecule has 22 nitrogen and oxygen atoms in total. The van der Waals surface area contributed by atoms with Gasteiger partial charge in [-0.2, -0.15) is 0 Å². The molecular formula is C77H179Co11N11O11Si9. The molecule has 0 fully saturated rings. The van der Waals surface area contributed by atoms with Crippen molar-refractivity contribution < 1.29 is 241 Å². The molecule has 0 rings (SSSR count). The molecule has 42 heteroatoms. The molecule has 17 N–H and O–H groups in total. The van der Waals surface area contributed by atoms with E-state index in [1.54, 1.807) is 66.4 Å². The second-order valence-electron chi connectivity index (χ2n) is 34.8. The van der Waals surface area contributed by atoms with Crippen LogP contribution in [0.1, 0.15) is 164 Å². The van der Waals surface area contributed by atoms with Crippen molar-refractivity contribution in [2.24, 2.45) is 23.3 Å². The topological polar surface area (TPSA) is 427 Å². The first-order chi connectivity index (χ1) is 48.2. The molecule has 9 atom stereocenters. The Hall–Kier alpha value is 2.93. The van der Waals surface area contributed by atoms with E-state index in [-0.39, 0.29) is 202 Å². The first kappa shape index (κ1) is 179. The summed E-state index contributed by atoms with van der Waals surface area (Å²) >= 11 is 0. The number of hydrogen-bond acceptors (Lipinski definition) is 22. The third-order valence-electron chi connectivity index (χ3n) is 18.0. The van der Waals surface area contributed by atoms with Gasteiger partial charge in [0.15, 0.2) is 41.2 Å². The average Bonchev–Trinajstić information content (AvgIpc) is 0.810. The first-order valence-corrected chi connectivity index (χ1v) is 67.9. The molecule has 0 saturated carbocycles. The number of rotatable bonds is 35. The third-order valence-corrected chi connectivity index (χ3v) is 43.5. The van der Waals surface area contributed by atoms with Crippen molar-refractivity contribution in [2.45, 2.75) is 399 Å². The molecule has 0 aliphatic rings. The van der Waals surface area contributed by atoms with Gasteiger partial charge in [-0.15, -0.1) is 6.58 Å². The SMILES string of the molecule is C=CC(C)(O)C=N.C=CC(O)C=N[Si](C)(C)C.CC(C)(O)C=N.CC(O)(C=N)[Si](C)(C)C.CC(O)C=N[Si](C)(C)C.CCC(C)(O)C=N.CCC(O)(C=N)CC.CCC(O)C=N[Si](C)(C)C.CC[Si](CC)(CC)C(C)(O)C=N.CC[Si](CC)(CC)N=CC(O)[Si](CC)(CC)CC.C[Si](C)(C)N=CC(O)[Si](C)(C)C.[Co].[Co].[Co].[Co].[Co].[Co].[Co].[Co].[Co].[Co].[Co]. The quantitative estimate of drug-likeness (QED) is 0.0161. The van der Waals surface area contributed by atoms with Crippen LogP contribution in [0.5, 0.6) is 0 Å². The van der Waals surface area contributed by atoms with Gasteiger partial charge < -0.3 is 112 Å². The Bertz CT molecular complexity index is 2480. The zero-order valence-electron chi connectivity index (χ0n) is 80.3. The van der Waals surface area contributed by atoms with Gasteiger partial charge in [0, 0.05) is 253 Å². The van der Waals surface area contributed by atoms with Gasteiger partial charge in [-0.1, -0.05) is 184 Å². The van der Waals surface area contributed by atoms with Crippen LogP contribution in [0.4, 0.5) is 0 Å². The van der Waals surface area contributed by atoms with Crippen LogP contribution in [-0.4, -0.2) is 261 Å². The summed E-state index contributed by atoms with van der Waals surface area (Å²) in [5.41, 5.74) is -4.27. The summed E-state index contributed by atoms with van der Waals surface area (Å²) in [6.07, 6.45) is 19.1. The molecule has 119 heavy (non-hydrogen) atoms. The maximum Gasteiger partial charge on any atom is 0.180 e. The Morgan fingerprint density at radius 3 is 0.782 bits per heavy atom. The Kier molecular flexibility index (Phi) is 135. The molecular weight excluding hydrogens is 2160 g/mol. The van der Waals surface area contributed by atoms with Gasteiger partial charge in [-0.3, -0.25) is 0 Å². The van der Waals surface area contributed by atoms with Gasteiger partial charge in [0.1, 0.15) is 11.7 Å². The number of nitrogens with one attached hydrogen (secondary N) is 6. The Labute approximate surface area is 853 Å². The van der Waals surface area contributed by atoms with Crippen molar-refractivity contribution in [3.63, 3.8) is 0 Å². The maximum atomic E-state index is 10.5. The molecule has 0 spiro atoms. The zero-order chi connectivity index (χ0) is 89.3. The third kappa shape index (κ3) is 111. The Morgan fingerprint density at radius 1 is 0.353 bits per heavy atom. The van der Waals surface area contributed by atoms with Gasteiger partial charge in [-0.25, -0.2) is 0 Å².